The maximum atomic E-state index is 12.4. The molecule has 0 saturated heterocycles. The van der Waals surface area contributed by atoms with Crippen LogP contribution in [0.15, 0.2) is 12.2 Å². The number of esters is 1. The Bertz CT molecular complexity index is 480. The number of ketones is 2. The van der Waals surface area contributed by atoms with E-state index in [1.165, 1.54) is 6.92 Å². The zero-order valence-electron chi connectivity index (χ0n) is 14.4. The largest absolute Gasteiger partial charge is 0.462 e. The van der Waals surface area contributed by atoms with Gasteiger partial charge in [-0.3, -0.25) is 9.59 Å². The summed E-state index contributed by atoms with van der Waals surface area (Å²) in [6.07, 6.45) is 2.64. The van der Waals surface area contributed by atoms with Crippen molar-refractivity contribution in [3.05, 3.63) is 12.2 Å². The van der Waals surface area contributed by atoms with Gasteiger partial charge in [0.1, 0.15) is 30.7 Å². The van der Waals surface area contributed by atoms with Crippen LogP contribution in [0.2, 0.25) is 0 Å². The third-order valence-corrected chi connectivity index (χ3v) is 3.67. The third-order valence-electron chi connectivity index (χ3n) is 3.67. The molecule has 0 radical (unpaired) electrons. The summed E-state index contributed by atoms with van der Waals surface area (Å²) in [5.74, 6) is -2.52. The number of hydrogen-bond acceptors (Lipinski definition) is 6. The van der Waals surface area contributed by atoms with Gasteiger partial charge in [-0.15, -0.1) is 0 Å². The van der Waals surface area contributed by atoms with Crippen molar-refractivity contribution in [2.24, 2.45) is 11.8 Å². The molecule has 0 aromatic carbocycles. The van der Waals surface area contributed by atoms with Crippen molar-refractivity contribution >= 4 is 30.1 Å². The molecule has 0 aliphatic carbocycles. The molecule has 0 aromatic heterocycles. The van der Waals surface area contributed by atoms with Crippen molar-refractivity contribution in [3.63, 3.8) is 0 Å². The first-order chi connectivity index (χ1) is 11.4. The van der Waals surface area contributed by atoms with E-state index in [2.05, 4.69) is 6.58 Å². The van der Waals surface area contributed by atoms with E-state index in [-0.39, 0.29) is 49.4 Å². The molecular formula is C18H26O6. The van der Waals surface area contributed by atoms with Crippen molar-refractivity contribution in [2.45, 2.75) is 52.4 Å². The Hall–Kier alpha value is -2.11. The summed E-state index contributed by atoms with van der Waals surface area (Å²) in [4.78, 5) is 57.3. The predicted molar refractivity (Wildman–Crippen MR) is 88.3 cm³/mol. The molecule has 0 heterocycles. The molecule has 0 bridgehead atoms. The van der Waals surface area contributed by atoms with Gasteiger partial charge in [-0.2, -0.15) is 0 Å². The fraction of sp³-hybridized carbons (Fsp3) is 0.611. The van der Waals surface area contributed by atoms with E-state index >= 15 is 0 Å². The predicted octanol–water partition coefficient (Wildman–Crippen LogP) is 2.23. The molecule has 0 aliphatic heterocycles. The number of ether oxygens (including phenoxy) is 1. The van der Waals surface area contributed by atoms with E-state index in [1.807, 2.05) is 6.92 Å². The minimum absolute atomic E-state index is 0.0000363. The lowest BCUT2D eigenvalue weighted by Gasteiger charge is -2.24. The van der Waals surface area contributed by atoms with Crippen molar-refractivity contribution < 1.29 is 28.7 Å². The van der Waals surface area contributed by atoms with Crippen LogP contribution < -0.4 is 0 Å². The maximum absolute atomic E-state index is 12.4. The molecular weight excluding hydrogens is 312 g/mol. The Balaban J connectivity index is 5.24. The summed E-state index contributed by atoms with van der Waals surface area (Å²) in [5, 5.41) is 0. The summed E-state index contributed by atoms with van der Waals surface area (Å²) in [5.41, 5.74) is 0.202. The summed E-state index contributed by atoms with van der Waals surface area (Å²) in [7, 11) is 0. The maximum Gasteiger partial charge on any atom is 0.333 e. The Morgan fingerprint density at radius 3 is 1.92 bits per heavy atom. The van der Waals surface area contributed by atoms with Crippen molar-refractivity contribution in [3.8, 4) is 0 Å². The molecule has 6 heteroatoms. The summed E-state index contributed by atoms with van der Waals surface area (Å²) in [6.45, 7) is 6.62. The van der Waals surface area contributed by atoms with Gasteiger partial charge < -0.3 is 14.3 Å². The van der Waals surface area contributed by atoms with Crippen molar-refractivity contribution in [1.29, 1.82) is 0 Å². The number of hydrogen-bond donors (Lipinski definition) is 0. The lowest BCUT2D eigenvalue weighted by molar-refractivity contribution is -0.145. The first kappa shape index (κ1) is 21.9. The average Bonchev–Trinajstić information content (AvgIpc) is 2.56. The second-order valence-electron chi connectivity index (χ2n) is 5.72. The molecule has 0 spiro atoms. The number of Topliss-reactive ketones (excluding diaryl/α,β-unsaturated/α-hetero) is 2. The minimum atomic E-state index is -0.799. The van der Waals surface area contributed by atoms with Crippen LogP contribution in [0.1, 0.15) is 52.4 Å². The van der Waals surface area contributed by atoms with Crippen LogP contribution in [0.3, 0.4) is 0 Å². The van der Waals surface area contributed by atoms with Gasteiger partial charge in [-0.1, -0.05) is 19.9 Å². The van der Waals surface area contributed by atoms with E-state index in [0.29, 0.717) is 25.4 Å². The van der Waals surface area contributed by atoms with E-state index < -0.39 is 17.8 Å². The monoisotopic (exact) mass is 338 g/mol. The molecule has 0 aliphatic rings. The zero-order valence-corrected chi connectivity index (χ0v) is 14.4. The minimum Gasteiger partial charge on any atom is -0.462 e. The molecule has 0 amide bonds. The molecule has 24 heavy (non-hydrogen) atoms. The first-order valence-corrected chi connectivity index (χ1v) is 8.14. The highest BCUT2D eigenvalue weighted by molar-refractivity contribution is 5.92. The van der Waals surface area contributed by atoms with E-state index in [0.717, 1.165) is 0 Å². The molecule has 6 nitrogen and oxygen atoms in total. The fourth-order valence-electron chi connectivity index (χ4n) is 2.39. The molecule has 0 rings (SSSR count). The lowest BCUT2D eigenvalue weighted by atomic mass is 9.80. The van der Waals surface area contributed by atoms with Gasteiger partial charge in [0.15, 0.2) is 0 Å². The second kappa shape index (κ2) is 12.3. The summed E-state index contributed by atoms with van der Waals surface area (Å²) in [6, 6.07) is 0. The van der Waals surface area contributed by atoms with Gasteiger partial charge in [0.25, 0.3) is 0 Å². The quantitative estimate of drug-likeness (QED) is 0.274. The summed E-state index contributed by atoms with van der Waals surface area (Å²) >= 11 is 0. The number of carbonyl (C=O) groups is 5. The van der Waals surface area contributed by atoms with Crippen LogP contribution in [0.5, 0.6) is 0 Å². The Morgan fingerprint density at radius 1 is 1.00 bits per heavy atom. The molecule has 134 valence electrons. The molecule has 2 atom stereocenters. The molecule has 0 saturated carbocycles. The highest BCUT2D eigenvalue weighted by Gasteiger charge is 2.33. The van der Waals surface area contributed by atoms with Crippen LogP contribution >= 0.6 is 0 Å². The van der Waals surface area contributed by atoms with E-state index in [1.54, 1.807) is 0 Å². The van der Waals surface area contributed by atoms with Crippen LogP contribution in [0.25, 0.3) is 0 Å². The zero-order chi connectivity index (χ0) is 18.5. The molecule has 2 unspecified atom stereocenters. The topological polar surface area (TPSA) is 94.6 Å². The van der Waals surface area contributed by atoms with Gasteiger partial charge in [-0.25, -0.2) is 4.79 Å². The number of rotatable bonds is 14. The van der Waals surface area contributed by atoms with Gasteiger partial charge >= 0.3 is 5.97 Å². The smallest absolute Gasteiger partial charge is 0.333 e. The van der Waals surface area contributed by atoms with E-state index in [4.69, 9.17) is 4.74 Å². The second-order valence-corrected chi connectivity index (χ2v) is 5.72. The van der Waals surface area contributed by atoms with Gasteiger partial charge in [0.05, 0.1) is 5.92 Å². The van der Waals surface area contributed by atoms with Gasteiger partial charge in [0.2, 0.25) is 0 Å². The Kier molecular flexibility index (Phi) is 11.2. The molecule has 0 fully saturated rings. The fourth-order valence-corrected chi connectivity index (χ4v) is 2.39. The normalized spacial score (nSPS) is 12.8. The lowest BCUT2D eigenvalue weighted by Crippen LogP contribution is -2.34. The van der Waals surface area contributed by atoms with E-state index in [9.17, 15) is 24.0 Å². The van der Waals surface area contributed by atoms with Crippen LogP contribution in [-0.2, 0) is 28.7 Å². The van der Waals surface area contributed by atoms with Crippen LogP contribution in [-0.4, -0.2) is 36.7 Å². The highest BCUT2D eigenvalue weighted by Crippen LogP contribution is 2.24. The standard InChI is InChI=1S/C18H26O6/c1-4-7-14(16(21)8-5-10-19)15(17(22)9-6-11-20)12-24-18(23)13(2)3/h10-11,14-15H,2,4-9,12H2,1,3H3. The molecule has 0 aromatic rings. The van der Waals surface area contributed by atoms with Gasteiger partial charge in [0, 0.05) is 37.2 Å². The summed E-state index contributed by atoms with van der Waals surface area (Å²) < 4.78 is 5.08. The SMILES string of the molecule is C=C(C)C(=O)OCC(C(=O)CCC=O)C(CCC)C(=O)CCC=O. The number of carbonyl (C=O) groups excluding carboxylic acids is 5. The number of aldehydes is 2. The van der Waals surface area contributed by atoms with Crippen molar-refractivity contribution in [2.75, 3.05) is 6.61 Å². The average molecular weight is 338 g/mol. The van der Waals surface area contributed by atoms with Crippen LogP contribution in [0, 0.1) is 11.8 Å². The van der Waals surface area contributed by atoms with Crippen molar-refractivity contribution in [1.82, 2.24) is 0 Å². The molecule has 0 N–H and O–H groups in total. The Labute approximate surface area is 142 Å². The van der Waals surface area contributed by atoms with Crippen LogP contribution in [0.4, 0.5) is 0 Å². The third kappa shape index (κ3) is 7.94. The van der Waals surface area contributed by atoms with Gasteiger partial charge in [-0.05, 0) is 13.3 Å². The highest BCUT2D eigenvalue weighted by atomic mass is 16.5. The Morgan fingerprint density at radius 2 is 1.50 bits per heavy atom. The first-order valence-electron chi connectivity index (χ1n) is 8.14.